The molecule has 22 heavy (non-hydrogen) atoms. The molecule has 1 aliphatic heterocycles. The number of carbonyl (C=O) groups is 2. The molecular formula is C18H22N2O2. The number of benzene rings is 1. The fourth-order valence-corrected chi connectivity index (χ4v) is 3.55. The standard InChI is InChI=1S/C18H22N2O2/c21-16-10-14(11-20(16)15-4-2-1-3-5-15)18(22)19-17(12-6-7-12)13-8-9-13/h1-5,12-14,17H,6-11H2,(H,19,22)/t14-/m0/s1. The van der Waals surface area contributed by atoms with Crippen LogP contribution in [0.1, 0.15) is 32.1 Å². The first-order chi connectivity index (χ1) is 10.7. The SMILES string of the molecule is O=C(NC(C1CC1)C1CC1)[C@H]1CC(=O)N(c2ccccc2)C1. The lowest BCUT2D eigenvalue weighted by Gasteiger charge is -2.20. The minimum Gasteiger partial charge on any atom is -0.353 e. The summed E-state index contributed by atoms with van der Waals surface area (Å²) in [5.74, 6) is 1.32. The molecule has 1 atom stereocenters. The largest absolute Gasteiger partial charge is 0.353 e. The van der Waals surface area contributed by atoms with Gasteiger partial charge in [-0.25, -0.2) is 0 Å². The van der Waals surface area contributed by atoms with Gasteiger partial charge in [-0.15, -0.1) is 0 Å². The molecule has 0 unspecified atom stereocenters. The smallest absolute Gasteiger partial charge is 0.227 e. The summed E-state index contributed by atoms with van der Waals surface area (Å²) in [6, 6.07) is 10.0. The van der Waals surface area contributed by atoms with E-state index in [1.165, 1.54) is 25.7 Å². The second kappa shape index (κ2) is 5.41. The third kappa shape index (κ3) is 2.74. The van der Waals surface area contributed by atoms with Crippen molar-refractivity contribution >= 4 is 17.5 Å². The highest BCUT2D eigenvalue weighted by Gasteiger charge is 2.44. The molecule has 116 valence electrons. The number of nitrogens with one attached hydrogen (secondary N) is 1. The fourth-order valence-electron chi connectivity index (χ4n) is 3.55. The molecule has 4 heteroatoms. The highest BCUT2D eigenvalue weighted by atomic mass is 16.2. The van der Waals surface area contributed by atoms with E-state index in [4.69, 9.17) is 0 Å². The van der Waals surface area contributed by atoms with E-state index in [9.17, 15) is 9.59 Å². The number of anilines is 1. The number of rotatable bonds is 5. The maximum Gasteiger partial charge on any atom is 0.227 e. The molecular weight excluding hydrogens is 276 g/mol. The van der Waals surface area contributed by atoms with E-state index in [0.717, 1.165) is 5.69 Å². The zero-order valence-electron chi connectivity index (χ0n) is 12.7. The number of hydrogen-bond donors (Lipinski definition) is 1. The van der Waals surface area contributed by atoms with Crippen LogP contribution in [0.15, 0.2) is 30.3 Å². The highest BCUT2D eigenvalue weighted by Crippen LogP contribution is 2.44. The molecule has 1 heterocycles. The second-order valence-corrected chi connectivity index (χ2v) is 6.95. The van der Waals surface area contributed by atoms with E-state index in [2.05, 4.69) is 5.32 Å². The van der Waals surface area contributed by atoms with Crippen molar-refractivity contribution in [2.24, 2.45) is 17.8 Å². The van der Waals surface area contributed by atoms with Gasteiger partial charge in [0.2, 0.25) is 11.8 Å². The lowest BCUT2D eigenvalue weighted by molar-refractivity contribution is -0.127. The van der Waals surface area contributed by atoms with Crippen LogP contribution in [0.3, 0.4) is 0 Å². The van der Waals surface area contributed by atoms with Gasteiger partial charge in [0.05, 0.1) is 5.92 Å². The molecule has 3 fully saturated rings. The quantitative estimate of drug-likeness (QED) is 0.907. The van der Waals surface area contributed by atoms with Crippen LogP contribution >= 0.6 is 0 Å². The number of hydrogen-bond acceptors (Lipinski definition) is 2. The van der Waals surface area contributed by atoms with Crippen LogP contribution in [0.5, 0.6) is 0 Å². The molecule has 1 aromatic rings. The van der Waals surface area contributed by atoms with Crippen molar-refractivity contribution in [3.05, 3.63) is 30.3 Å². The minimum atomic E-state index is -0.201. The predicted molar refractivity (Wildman–Crippen MR) is 84.3 cm³/mol. The lowest BCUT2D eigenvalue weighted by atomic mass is 10.0. The Morgan fingerprint density at radius 1 is 1.09 bits per heavy atom. The van der Waals surface area contributed by atoms with Crippen molar-refractivity contribution in [1.82, 2.24) is 5.32 Å². The Morgan fingerprint density at radius 2 is 1.73 bits per heavy atom. The van der Waals surface area contributed by atoms with Crippen LogP contribution in [0.4, 0.5) is 5.69 Å². The van der Waals surface area contributed by atoms with Gasteiger partial charge < -0.3 is 10.2 Å². The van der Waals surface area contributed by atoms with Crippen molar-refractivity contribution in [3.63, 3.8) is 0 Å². The average Bonchev–Trinajstić information content (AvgIpc) is 3.44. The first-order valence-electron chi connectivity index (χ1n) is 8.38. The van der Waals surface area contributed by atoms with E-state index in [0.29, 0.717) is 30.8 Å². The monoisotopic (exact) mass is 298 g/mol. The summed E-state index contributed by atoms with van der Waals surface area (Å²) in [6.45, 7) is 0.511. The Morgan fingerprint density at radius 3 is 2.32 bits per heavy atom. The van der Waals surface area contributed by atoms with Gasteiger partial charge in [-0.3, -0.25) is 9.59 Å². The molecule has 0 spiro atoms. The van der Waals surface area contributed by atoms with E-state index in [-0.39, 0.29) is 17.7 Å². The summed E-state index contributed by atoms with van der Waals surface area (Å²) in [5.41, 5.74) is 0.892. The zero-order valence-corrected chi connectivity index (χ0v) is 12.7. The Bertz CT molecular complexity index is 566. The lowest BCUT2D eigenvalue weighted by Crippen LogP contribution is -2.42. The van der Waals surface area contributed by atoms with Crippen LogP contribution < -0.4 is 10.2 Å². The Kier molecular flexibility index (Phi) is 3.40. The normalized spacial score (nSPS) is 24.9. The summed E-state index contributed by atoms with van der Waals surface area (Å²) in [4.78, 5) is 26.5. The first kappa shape index (κ1) is 13.8. The molecule has 2 saturated carbocycles. The van der Waals surface area contributed by atoms with Crippen LogP contribution in [-0.2, 0) is 9.59 Å². The molecule has 4 rings (SSSR count). The van der Waals surface area contributed by atoms with Gasteiger partial charge in [0.25, 0.3) is 0 Å². The summed E-state index contributed by atoms with van der Waals surface area (Å²) >= 11 is 0. The van der Waals surface area contributed by atoms with Crippen molar-refractivity contribution in [1.29, 1.82) is 0 Å². The second-order valence-electron chi connectivity index (χ2n) is 6.95. The minimum absolute atomic E-state index is 0.0562. The van der Waals surface area contributed by atoms with Crippen LogP contribution in [-0.4, -0.2) is 24.4 Å². The number of amides is 2. The van der Waals surface area contributed by atoms with Gasteiger partial charge in [-0.05, 0) is 49.7 Å². The topological polar surface area (TPSA) is 49.4 Å². The fraction of sp³-hybridized carbons (Fsp3) is 0.556. The van der Waals surface area contributed by atoms with Crippen molar-refractivity contribution in [2.75, 3.05) is 11.4 Å². The van der Waals surface area contributed by atoms with Crippen molar-refractivity contribution in [3.8, 4) is 0 Å². The predicted octanol–water partition coefficient (Wildman–Crippen LogP) is 2.34. The summed E-state index contributed by atoms with van der Waals surface area (Å²) in [5, 5.41) is 3.26. The van der Waals surface area contributed by atoms with Crippen molar-refractivity contribution in [2.45, 2.75) is 38.1 Å². The summed E-state index contributed by atoms with van der Waals surface area (Å²) in [7, 11) is 0. The highest BCUT2D eigenvalue weighted by molar-refractivity contribution is 6.00. The van der Waals surface area contributed by atoms with E-state index in [1.807, 2.05) is 30.3 Å². The third-order valence-corrected chi connectivity index (χ3v) is 5.13. The Hall–Kier alpha value is -1.84. The van der Waals surface area contributed by atoms with Gasteiger partial charge in [-0.2, -0.15) is 0 Å². The zero-order chi connectivity index (χ0) is 15.1. The average molecular weight is 298 g/mol. The van der Waals surface area contributed by atoms with Gasteiger partial charge in [0.15, 0.2) is 0 Å². The molecule has 0 aromatic heterocycles. The Balaban J connectivity index is 1.40. The number of carbonyl (C=O) groups excluding carboxylic acids is 2. The molecule has 2 amide bonds. The van der Waals surface area contributed by atoms with Gasteiger partial charge >= 0.3 is 0 Å². The molecule has 3 aliphatic rings. The maximum atomic E-state index is 12.6. The van der Waals surface area contributed by atoms with E-state index in [1.54, 1.807) is 4.90 Å². The Labute approximate surface area is 130 Å². The van der Waals surface area contributed by atoms with Crippen LogP contribution in [0.2, 0.25) is 0 Å². The van der Waals surface area contributed by atoms with Crippen LogP contribution in [0.25, 0.3) is 0 Å². The molecule has 4 nitrogen and oxygen atoms in total. The number of para-hydroxylation sites is 1. The van der Waals surface area contributed by atoms with Crippen LogP contribution in [0, 0.1) is 17.8 Å². The molecule has 0 bridgehead atoms. The van der Waals surface area contributed by atoms with Gasteiger partial charge in [0.1, 0.15) is 0 Å². The summed E-state index contributed by atoms with van der Waals surface area (Å²) < 4.78 is 0. The van der Waals surface area contributed by atoms with Crippen molar-refractivity contribution < 1.29 is 9.59 Å². The van der Waals surface area contributed by atoms with E-state index < -0.39 is 0 Å². The maximum absolute atomic E-state index is 12.6. The molecule has 1 N–H and O–H groups in total. The van der Waals surface area contributed by atoms with Gasteiger partial charge in [-0.1, -0.05) is 18.2 Å². The third-order valence-electron chi connectivity index (χ3n) is 5.13. The van der Waals surface area contributed by atoms with E-state index >= 15 is 0 Å². The van der Waals surface area contributed by atoms with Gasteiger partial charge in [0, 0.05) is 24.7 Å². The molecule has 1 saturated heterocycles. The molecule has 0 radical (unpaired) electrons. The molecule has 1 aromatic carbocycles. The summed E-state index contributed by atoms with van der Waals surface area (Å²) in [6.07, 6.45) is 5.34. The number of nitrogens with zero attached hydrogens (tertiary/aromatic N) is 1. The molecule has 2 aliphatic carbocycles. The first-order valence-corrected chi connectivity index (χ1v) is 8.38.